The van der Waals surface area contributed by atoms with Gasteiger partial charge in [0.2, 0.25) is 0 Å². The van der Waals surface area contributed by atoms with Crippen LogP contribution in [0.15, 0.2) is 65.2 Å². The van der Waals surface area contributed by atoms with Gasteiger partial charge in [-0.05, 0) is 48.6 Å². The van der Waals surface area contributed by atoms with Crippen LogP contribution in [-0.4, -0.2) is 35.1 Å². The van der Waals surface area contributed by atoms with Crippen LogP contribution in [-0.2, 0) is 4.74 Å². The van der Waals surface area contributed by atoms with E-state index in [1.165, 1.54) is 7.11 Å². The fourth-order valence-corrected chi connectivity index (χ4v) is 3.61. The number of methoxy groups -OCH3 is 1. The molecule has 0 amide bonds. The highest BCUT2D eigenvalue weighted by Gasteiger charge is 2.39. The molecule has 0 spiro atoms. The molecule has 2 aromatic heterocycles. The number of ether oxygens (including phenoxy) is 1. The first-order chi connectivity index (χ1) is 13.6. The van der Waals surface area contributed by atoms with Crippen molar-refractivity contribution < 1.29 is 13.9 Å². The molecule has 0 aliphatic carbocycles. The molecule has 6 nitrogen and oxygen atoms in total. The minimum Gasteiger partial charge on any atom is -0.465 e. The molecule has 0 saturated carbocycles. The monoisotopic (exact) mass is 393 g/mol. The van der Waals surface area contributed by atoms with Crippen LogP contribution in [0.25, 0.3) is 11.3 Å². The molecular formula is C21H19N3O3S. The summed E-state index contributed by atoms with van der Waals surface area (Å²) in [5.74, 6) is 1.15. The number of carbonyl (C=O) groups is 1. The molecule has 1 saturated heterocycles. The zero-order chi connectivity index (χ0) is 19.7. The molecule has 2 unspecified atom stereocenters. The third kappa shape index (κ3) is 3.25. The number of esters is 1. The summed E-state index contributed by atoms with van der Waals surface area (Å²) in [6.45, 7) is 0. The summed E-state index contributed by atoms with van der Waals surface area (Å²) in [5.41, 5.74) is 2.28. The van der Waals surface area contributed by atoms with Gasteiger partial charge in [-0.3, -0.25) is 4.98 Å². The minimum atomic E-state index is -0.364. The van der Waals surface area contributed by atoms with Gasteiger partial charge in [-0.15, -0.1) is 0 Å². The molecule has 142 valence electrons. The first-order valence-electron chi connectivity index (χ1n) is 8.81. The smallest absolute Gasteiger partial charge is 0.337 e. The maximum atomic E-state index is 11.6. The number of furan rings is 1. The Hall–Kier alpha value is -3.19. The van der Waals surface area contributed by atoms with E-state index in [1.807, 2.05) is 54.4 Å². The lowest BCUT2D eigenvalue weighted by molar-refractivity contribution is 0.0600. The van der Waals surface area contributed by atoms with Gasteiger partial charge in [-0.1, -0.05) is 18.2 Å². The number of rotatable bonds is 4. The average molecular weight is 393 g/mol. The van der Waals surface area contributed by atoms with E-state index in [1.54, 1.807) is 18.3 Å². The molecule has 1 aliphatic rings. The Balaban J connectivity index is 1.64. The lowest BCUT2D eigenvalue weighted by atomic mass is 10.0. The van der Waals surface area contributed by atoms with E-state index in [2.05, 4.69) is 10.3 Å². The van der Waals surface area contributed by atoms with Gasteiger partial charge in [0.05, 0.1) is 24.4 Å². The highest BCUT2D eigenvalue weighted by Crippen LogP contribution is 2.39. The lowest BCUT2D eigenvalue weighted by Gasteiger charge is -2.21. The van der Waals surface area contributed by atoms with Crippen LogP contribution in [0.3, 0.4) is 0 Å². The van der Waals surface area contributed by atoms with E-state index in [0.717, 1.165) is 22.8 Å². The summed E-state index contributed by atoms with van der Waals surface area (Å²) in [7, 11) is 3.31. The molecule has 0 bridgehead atoms. The largest absolute Gasteiger partial charge is 0.465 e. The summed E-state index contributed by atoms with van der Waals surface area (Å²) < 4.78 is 10.9. The highest BCUT2D eigenvalue weighted by atomic mass is 32.1. The van der Waals surface area contributed by atoms with E-state index in [-0.39, 0.29) is 18.1 Å². The van der Waals surface area contributed by atoms with E-state index in [0.29, 0.717) is 10.7 Å². The Morgan fingerprint density at radius 2 is 1.96 bits per heavy atom. The quantitative estimate of drug-likeness (QED) is 0.535. The number of aromatic nitrogens is 1. The molecule has 2 atom stereocenters. The van der Waals surface area contributed by atoms with Crippen LogP contribution >= 0.6 is 12.2 Å². The van der Waals surface area contributed by atoms with Gasteiger partial charge in [0.15, 0.2) is 5.11 Å². The Morgan fingerprint density at radius 3 is 2.64 bits per heavy atom. The van der Waals surface area contributed by atoms with Crippen molar-refractivity contribution in [2.24, 2.45) is 0 Å². The van der Waals surface area contributed by atoms with Crippen molar-refractivity contribution in [2.45, 2.75) is 12.1 Å². The third-order valence-electron chi connectivity index (χ3n) is 4.85. The zero-order valence-corrected chi connectivity index (χ0v) is 16.3. The second-order valence-electron chi connectivity index (χ2n) is 6.51. The van der Waals surface area contributed by atoms with Crippen molar-refractivity contribution >= 4 is 23.3 Å². The molecule has 0 radical (unpaired) electrons. The van der Waals surface area contributed by atoms with Crippen molar-refractivity contribution in [1.29, 1.82) is 0 Å². The molecule has 28 heavy (non-hydrogen) atoms. The van der Waals surface area contributed by atoms with E-state index in [4.69, 9.17) is 21.4 Å². The van der Waals surface area contributed by atoms with Gasteiger partial charge in [0, 0.05) is 18.8 Å². The molecule has 3 aromatic rings. The topological polar surface area (TPSA) is 67.6 Å². The van der Waals surface area contributed by atoms with Crippen LogP contribution in [0.5, 0.6) is 0 Å². The fourth-order valence-electron chi connectivity index (χ4n) is 3.37. The fraction of sp³-hybridized carbons (Fsp3) is 0.190. The number of pyridine rings is 1. The van der Waals surface area contributed by atoms with Crippen LogP contribution < -0.4 is 5.32 Å². The molecule has 4 rings (SSSR count). The molecule has 7 heteroatoms. The van der Waals surface area contributed by atoms with Crippen molar-refractivity contribution in [1.82, 2.24) is 15.2 Å². The Labute approximate surface area is 168 Å². The van der Waals surface area contributed by atoms with Crippen LogP contribution in [0, 0.1) is 0 Å². The third-order valence-corrected chi connectivity index (χ3v) is 5.25. The van der Waals surface area contributed by atoms with Gasteiger partial charge in [0.25, 0.3) is 0 Å². The normalized spacial score (nSPS) is 18.8. The van der Waals surface area contributed by atoms with Crippen molar-refractivity contribution in [3.05, 3.63) is 77.8 Å². The summed E-state index contributed by atoms with van der Waals surface area (Å²) in [5, 5.41) is 3.98. The second-order valence-corrected chi connectivity index (χ2v) is 6.90. The molecule has 1 fully saturated rings. The summed E-state index contributed by atoms with van der Waals surface area (Å²) in [4.78, 5) is 18.1. The van der Waals surface area contributed by atoms with Crippen molar-refractivity contribution in [3.63, 3.8) is 0 Å². The van der Waals surface area contributed by atoms with E-state index < -0.39 is 0 Å². The Bertz CT molecular complexity index is 1000. The maximum Gasteiger partial charge on any atom is 0.337 e. The number of hydrogen-bond acceptors (Lipinski definition) is 5. The number of carbonyl (C=O) groups excluding carboxylic acids is 1. The highest BCUT2D eigenvalue weighted by molar-refractivity contribution is 7.80. The van der Waals surface area contributed by atoms with Crippen LogP contribution in [0.1, 0.15) is 33.9 Å². The molecule has 3 heterocycles. The number of thiocarbonyl (C=S) groups is 1. The molecule has 1 aliphatic heterocycles. The first kappa shape index (κ1) is 18.2. The van der Waals surface area contributed by atoms with Gasteiger partial charge in [-0.2, -0.15) is 0 Å². The summed E-state index contributed by atoms with van der Waals surface area (Å²) >= 11 is 5.45. The van der Waals surface area contributed by atoms with Crippen LogP contribution in [0.2, 0.25) is 0 Å². The van der Waals surface area contributed by atoms with Gasteiger partial charge < -0.3 is 19.4 Å². The average Bonchev–Trinajstić information content (AvgIpc) is 3.33. The first-order valence-corrected chi connectivity index (χ1v) is 9.22. The zero-order valence-electron chi connectivity index (χ0n) is 15.5. The number of likely N-dealkylation sites (N-methyl/N-ethyl adjacent to an activating group) is 1. The minimum absolute atomic E-state index is 0.0978. The van der Waals surface area contributed by atoms with E-state index in [9.17, 15) is 4.79 Å². The van der Waals surface area contributed by atoms with Crippen LogP contribution in [0.4, 0.5) is 0 Å². The number of nitrogens with zero attached hydrogens (tertiary/aromatic N) is 2. The molecule has 1 N–H and O–H groups in total. The predicted octanol–water partition coefficient (Wildman–Crippen LogP) is 3.73. The van der Waals surface area contributed by atoms with E-state index >= 15 is 0 Å². The summed E-state index contributed by atoms with van der Waals surface area (Å²) in [6, 6.07) is 16.6. The lowest BCUT2D eigenvalue weighted by Crippen LogP contribution is -2.24. The Morgan fingerprint density at radius 1 is 1.18 bits per heavy atom. The molecular weight excluding hydrogens is 374 g/mol. The second kappa shape index (κ2) is 7.44. The number of hydrogen-bond donors (Lipinski definition) is 1. The maximum absolute atomic E-state index is 11.6. The van der Waals surface area contributed by atoms with Gasteiger partial charge in [-0.25, -0.2) is 4.79 Å². The SMILES string of the molecule is COC(=O)c1ccc(-c2ccc(C3C(c4ccccn4)NC(=S)N3C)o2)cc1. The standard InChI is InChI=1S/C21H19N3O3S/c1-24-19(18(23-21(24)28)15-5-3-4-12-22-15)17-11-10-16(27-17)13-6-8-14(9-7-13)20(25)26-2/h3-12,18-19H,1-2H3,(H,23,28). The van der Waals surface area contributed by atoms with Gasteiger partial charge >= 0.3 is 5.97 Å². The van der Waals surface area contributed by atoms with Crippen molar-refractivity contribution in [3.8, 4) is 11.3 Å². The number of nitrogens with one attached hydrogen (secondary N) is 1. The Kier molecular flexibility index (Phi) is 4.83. The summed E-state index contributed by atoms with van der Waals surface area (Å²) in [6.07, 6.45) is 1.77. The molecule has 1 aromatic carbocycles. The van der Waals surface area contributed by atoms with Gasteiger partial charge in [0.1, 0.15) is 17.6 Å². The predicted molar refractivity (Wildman–Crippen MR) is 109 cm³/mol. The van der Waals surface area contributed by atoms with Crippen molar-refractivity contribution in [2.75, 3.05) is 14.2 Å². The number of benzene rings is 1.